The predicted octanol–water partition coefficient (Wildman–Crippen LogP) is 8.93. The lowest BCUT2D eigenvalue weighted by Crippen LogP contribution is -2.04. The van der Waals surface area contributed by atoms with Crippen molar-refractivity contribution >= 4 is 44.7 Å². The van der Waals surface area contributed by atoms with Crippen LogP contribution in [0.15, 0.2) is 36.4 Å². The molecule has 0 aliphatic heterocycles. The fourth-order valence-electron chi connectivity index (χ4n) is 3.79. The lowest BCUT2D eigenvalue weighted by Gasteiger charge is -2.19. The Balaban J connectivity index is 2.09. The molecule has 3 aromatic rings. The summed E-state index contributed by atoms with van der Waals surface area (Å²) in [6.07, 6.45) is 4.25. The van der Waals surface area contributed by atoms with Gasteiger partial charge in [0.05, 0.1) is 23.3 Å². The van der Waals surface area contributed by atoms with E-state index in [9.17, 15) is 0 Å². The molecule has 0 heterocycles. The van der Waals surface area contributed by atoms with Crippen LogP contribution in [0.2, 0.25) is 10.0 Å². The SMILES string of the molecule is CC(C)CCCOc1c2cccc(Cl)c2c(OCCCC(C)C)c2cccc(Cl)c12. The largest absolute Gasteiger partial charge is 0.492 e. The van der Waals surface area contributed by atoms with Crippen molar-refractivity contribution in [3.05, 3.63) is 46.4 Å². The van der Waals surface area contributed by atoms with Gasteiger partial charge in [0, 0.05) is 21.5 Å². The second kappa shape index (κ2) is 10.6. The number of benzene rings is 3. The van der Waals surface area contributed by atoms with E-state index in [2.05, 4.69) is 27.7 Å². The van der Waals surface area contributed by atoms with Crippen LogP contribution in [0, 0.1) is 11.8 Å². The fraction of sp³-hybridized carbons (Fsp3) is 0.462. The molecule has 0 amide bonds. The molecule has 162 valence electrons. The molecule has 0 unspecified atom stereocenters. The van der Waals surface area contributed by atoms with Gasteiger partial charge in [0.25, 0.3) is 0 Å². The predicted molar refractivity (Wildman–Crippen MR) is 131 cm³/mol. The molecule has 30 heavy (non-hydrogen) atoms. The van der Waals surface area contributed by atoms with Gasteiger partial charge in [-0.15, -0.1) is 0 Å². The van der Waals surface area contributed by atoms with E-state index < -0.39 is 0 Å². The molecule has 0 saturated carbocycles. The molecule has 4 heteroatoms. The van der Waals surface area contributed by atoms with Gasteiger partial charge in [0.15, 0.2) is 0 Å². The monoisotopic (exact) mass is 446 g/mol. The first-order chi connectivity index (χ1) is 14.4. The minimum Gasteiger partial charge on any atom is -0.492 e. The highest BCUT2D eigenvalue weighted by molar-refractivity contribution is 6.40. The molecule has 0 atom stereocenters. The van der Waals surface area contributed by atoms with Gasteiger partial charge < -0.3 is 9.47 Å². The minimum atomic E-state index is 0.648. The zero-order valence-electron chi connectivity index (χ0n) is 18.4. The smallest absolute Gasteiger partial charge is 0.136 e. The number of fused-ring (bicyclic) bond motifs is 2. The molecule has 0 aromatic heterocycles. The van der Waals surface area contributed by atoms with E-state index in [0.717, 1.165) is 58.7 Å². The Morgan fingerprint density at radius 2 is 1.07 bits per heavy atom. The van der Waals surface area contributed by atoms with Crippen LogP contribution >= 0.6 is 23.2 Å². The number of rotatable bonds is 10. The summed E-state index contributed by atoms with van der Waals surface area (Å²) in [4.78, 5) is 0. The molecule has 0 aliphatic rings. The van der Waals surface area contributed by atoms with Crippen molar-refractivity contribution in [2.75, 3.05) is 13.2 Å². The summed E-state index contributed by atoms with van der Waals surface area (Å²) in [5, 5.41) is 5.04. The van der Waals surface area contributed by atoms with Crippen LogP contribution in [-0.4, -0.2) is 13.2 Å². The Morgan fingerprint density at radius 1 is 0.667 bits per heavy atom. The van der Waals surface area contributed by atoms with E-state index in [4.69, 9.17) is 32.7 Å². The van der Waals surface area contributed by atoms with Crippen LogP contribution in [0.25, 0.3) is 21.5 Å². The number of ether oxygens (including phenoxy) is 2. The Bertz CT molecular complexity index is 914. The first-order valence-corrected chi connectivity index (χ1v) is 11.7. The molecule has 3 aromatic carbocycles. The molecule has 0 N–H and O–H groups in total. The topological polar surface area (TPSA) is 18.5 Å². The highest BCUT2D eigenvalue weighted by Crippen LogP contribution is 2.47. The third-order valence-electron chi connectivity index (χ3n) is 5.32. The minimum absolute atomic E-state index is 0.648. The molecule has 3 rings (SSSR count). The van der Waals surface area contributed by atoms with Gasteiger partial charge in [-0.3, -0.25) is 0 Å². The van der Waals surface area contributed by atoms with Gasteiger partial charge in [-0.1, -0.05) is 75.2 Å². The maximum Gasteiger partial charge on any atom is 0.136 e. The second-order valence-electron chi connectivity index (χ2n) is 8.75. The molecule has 0 aliphatic carbocycles. The van der Waals surface area contributed by atoms with Crippen molar-refractivity contribution < 1.29 is 9.47 Å². The Hall–Kier alpha value is -1.64. The van der Waals surface area contributed by atoms with Gasteiger partial charge in [-0.25, -0.2) is 0 Å². The molecule has 0 fully saturated rings. The Morgan fingerprint density at radius 3 is 1.43 bits per heavy atom. The molecular formula is C26H32Cl2O2. The van der Waals surface area contributed by atoms with E-state index in [-0.39, 0.29) is 0 Å². The van der Waals surface area contributed by atoms with Crippen LogP contribution in [-0.2, 0) is 0 Å². The van der Waals surface area contributed by atoms with Crippen LogP contribution in [0.4, 0.5) is 0 Å². The zero-order chi connectivity index (χ0) is 21.7. The summed E-state index contributed by atoms with van der Waals surface area (Å²) in [5.74, 6) is 2.90. The maximum absolute atomic E-state index is 6.67. The van der Waals surface area contributed by atoms with Crippen molar-refractivity contribution in [1.82, 2.24) is 0 Å². The lowest BCUT2D eigenvalue weighted by atomic mass is 10.00. The van der Waals surface area contributed by atoms with E-state index in [1.54, 1.807) is 0 Å². The summed E-state index contributed by atoms with van der Waals surface area (Å²) in [6.45, 7) is 10.2. The van der Waals surface area contributed by atoms with Crippen molar-refractivity contribution in [2.24, 2.45) is 11.8 Å². The van der Waals surface area contributed by atoms with E-state index in [0.29, 0.717) is 35.1 Å². The van der Waals surface area contributed by atoms with Crippen LogP contribution in [0.5, 0.6) is 11.5 Å². The maximum atomic E-state index is 6.67. The van der Waals surface area contributed by atoms with Gasteiger partial charge in [0.1, 0.15) is 11.5 Å². The highest BCUT2D eigenvalue weighted by atomic mass is 35.5. The third-order valence-corrected chi connectivity index (χ3v) is 5.94. The van der Waals surface area contributed by atoms with E-state index in [1.165, 1.54) is 0 Å². The fourth-order valence-corrected chi connectivity index (χ4v) is 4.31. The Labute approximate surface area is 190 Å². The standard InChI is InChI=1S/C26H32Cl2O2/c1-17(2)9-7-15-29-25-19-11-5-14-22(28)24(19)26(30-16-8-10-18(3)4)20-12-6-13-21(27)23(20)25/h5-6,11-14,17-18H,7-10,15-16H2,1-4H3. The average Bonchev–Trinajstić information content (AvgIpc) is 2.69. The first-order valence-electron chi connectivity index (χ1n) is 11.0. The van der Waals surface area contributed by atoms with Gasteiger partial charge in [-0.05, 0) is 49.7 Å². The quantitative estimate of drug-likeness (QED) is 0.228. The zero-order valence-corrected chi connectivity index (χ0v) is 19.9. The number of hydrogen-bond donors (Lipinski definition) is 0. The summed E-state index contributed by atoms with van der Waals surface area (Å²) in [7, 11) is 0. The van der Waals surface area contributed by atoms with Crippen LogP contribution in [0.1, 0.15) is 53.4 Å². The number of hydrogen-bond acceptors (Lipinski definition) is 2. The normalized spacial score (nSPS) is 11.7. The lowest BCUT2D eigenvalue weighted by molar-refractivity contribution is 0.299. The van der Waals surface area contributed by atoms with Crippen molar-refractivity contribution in [1.29, 1.82) is 0 Å². The van der Waals surface area contributed by atoms with Crippen molar-refractivity contribution in [3.63, 3.8) is 0 Å². The first kappa shape index (κ1) is 23.0. The average molecular weight is 447 g/mol. The summed E-state index contributed by atoms with van der Waals surface area (Å²) < 4.78 is 12.7. The van der Waals surface area contributed by atoms with Crippen molar-refractivity contribution in [3.8, 4) is 11.5 Å². The molecule has 0 spiro atoms. The summed E-state index contributed by atoms with van der Waals surface area (Å²) >= 11 is 13.3. The molecule has 0 saturated heterocycles. The van der Waals surface area contributed by atoms with Gasteiger partial charge in [-0.2, -0.15) is 0 Å². The molecule has 2 nitrogen and oxygen atoms in total. The third kappa shape index (κ3) is 5.34. The highest BCUT2D eigenvalue weighted by Gasteiger charge is 2.20. The Kier molecular flexibility index (Phi) is 8.13. The van der Waals surface area contributed by atoms with Gasteiger partial charge in [0.2, 0.25) is 0 Å². The van der Waals surface area contributed by atoms with Crippen molar-refractivity contribution in [2.45, 2.75) is 53.4 Å². The van der Waals surface area contributed by atoms with Crippen LogP contribution in [0.3, 0.4) is 0 Å². The van der Waals surface area contributed by atoms with Crippen LogP contribution < -0.4 is 9.47 Å². The molecule has 0 bridgehead atoms. The van der Waals surface area contributed by atoms with E-state index >= 15 is 0 Å². The second-order valence-corrected chi connectivity index (χ2v) is 9.57. The molecule has 0 radical (unpaired) electrons. The number of halogens is 2. The summed E-state index contributed by atoms with van der Waals surface area (Å²) in [5.41, 5.74) is 0. The summed E-state index contributed by atoms with van der Waals surface area (Å²) in [6, 6.07) is 11.8. The van der Waals surface area contributed by atoms with Gasteiger partial charge >= 0.3 is 0 Å². The van der Waals surface area contributed by atoms with E-state index in [1.807, 2.05) is 36.4 Å². The molecular weight excluding hydrogens is 415 g/mol.